The molecule has 0 aromatic heterocycles. The molecule has 8 heavy (non-hydrogen) atoms. The van der Waals surface area contributed by atoms with Gasteiger partial charge in [0.15, 0.2) is 5.12 Å². The number of nitro groups is 1. The molecule has 0 heterocycles. The average Bonchev–Trinajstić information content (AvgIpc) is 1.61. The van der Waals surface area contributed by atoms with Crippen LogP contribution in [0.25, 0.3) is 0 Å². The molecule has 0 amide bonds. The highest BCUT2D eigenvalue weighted by Crippen LogP contribution is 1.86. The Kier molecular flexibility index (Phi) is 3.18. The first kappa shape index (κ1) is 7.42. The number of carbonyl (C=O) groups excluding carboxylic acids is 1. The molecule has 0 radical (unpaired) electrons. The van der Waals surface area contributed by atoms with Gasteiger partial charge >= 0.3 is 0 Å². The van der Waals surface area contributed by atoms with E-state index in [9.17, 15) is 14.9 Å². The van der Waals surface area contributed by atoms with Gasteiger partial charge in [-0.2, -0.15) is 0 Å². The third-order valence-corrected chi connectivity index (χ3v) is 0.732. The molecular formula is C3H5NO3S. The van der Waals surface area contributed by atoms with Gasteiger partial charge in [0, 0.05) is 4.92 Å². The average molecular weight is 135 g/mol. The number of nitrogens with zero attached hydrogens (tertiary/aromatic N) is 1. The van der Waals surface area contributed by atoms with E-state index in [-0.39, 0.29) is 13.0 Å². The van der Waals surface area contributed by atoms with Gasteiger partial charge in [-0.15, -0.1) is 12.6 Å². The van der Waals surface area contributed by atoms with Crippen LogP contribution in [0.4, 0.5) is 0 Å². The van der Waals surface area contributed by atoms with Crippen molar-refractivity contribution in [2.24, 2.45) is 0 Å². The van der Waals surface area contributed by atoms with Gasteiger partial charge in [0.05, 0.1) is 6.42 Å². The van der Waals surface area contributed by atoms with E-state index in [1.54, 1.807) is 0 Å². The molecule has 0 atom stereocenters. The number of hydrogen-bond acceptors (Lipinski definition) is 3. The Bertz CT molecular complexity index is 99.1. The Balaban J connectivity index is 3.18. The zero-order valence-corrected chi connectivity index (χ0v) is 4.93. The van der Waals surface area contributed by atoms with Crippen LogP contribution in [0, 0.1) is 10.1 Å². The van der Waals surface area contributed by atoms with Crippen LogP contribution in [0.3, 0.4) is 0 Å². The maximum absolute atomic E-state index is 9.91. The molecule has 46 valence electrons. The first-order valence-corrected chi connectivity index (χ1v) is 2.41. The Morgan fingerprint density at radius 1 is 1.75 bits per heavy atom. The van der Waals surface area contributed by atoms with E-state index in [0.717, 1.165) is 0 Å². The van der Waals surface area contributed by atoms with Crippen LogP contribution in [-0.4, -0.2) is 16.6 Å². The summed E-state index contributed by atoms with van der Waals surface area (Å²) in [5, 5.41) is 9.08. The molecule has 0 aliphatic heterocycles. The Labute approximate surface area is 51.4 Å². The third-order valence-electron chi connectivity index (χ3n) is 0.508. The van der Waals surface area contributed by atoms with Crippen molar-refractivity contribution < 1.29 is 9.72 Å². The summed E-state index contributed by atoms with van der Waals surface area (Å²) in [4.78, 5) is 18.9. The first-order valence-electron chi connectivity index (χ1n) is 1.96. The first-order chi connectivity index (χ1) is 3.63. The van der Waals surface area contributed by atoms with E-state index in [1.807, 2.05) is 0 Å². The second-order valence-electron chi connectivity index (χ2n) is 1.20. The maximum Gasteiger partial charge on any atom is 0.211 e. The van der Waals surface area contributed by atoms with Crippen molar-refractivity contribution in [3.8, 4) is 0 Å². The molecule has 0 saturated heterocycles. The van der Waals surface area contributed by atoms with Crippen LogP contribution >= 0.6 is 12.6 Å². The SMILES string of the molecule is O=C(S)CC[N+](=O)[O-]. The van der Waals surface area contributed by atoms with Gasteiger partial charge in [0.25, 0.3) is 0 Å². The molecule has 4 nitrogen and oxygen atoms in total. The van der Waals surface area contributed by atoms with Crippen LogP contribution in [0.15, 0.2) is 0 Å². The molecule has 0 aliphatic carbocycles. The van der Waals surface area contributed by atoms with Crippen molar-refractivity contribution in [1.29, 1.82) is 0 Å². The monoisotopic (exact) mass is 135 g/mol. The zero-order valence-electron chi connectivity index (χ0n) is 4.03. The second-order valence-corrected chi connectivity index (χ2v) is 1.70. The molecule has 5 heteroatoms. The van der Waals surface area contributed by atoms with Crippen molar-refractivity contribution in [2.75, 3.05) is 6.54 Å². The quantitative estimate of drug-likeness (QED) is 0.339. The molecule has 0 N–H and O–H groups in total. The number of thiol groups is 1. The summed E-state index contributed by atoms with van der Waals surface area (Å²) < 4.78 is 0. The molecular weight excluding hydrogens is 130 g/mol. The highest BCUT2D eigenvalue weighted by molar-refractivity contribution is 7.96. The van der Waals surface area contributed by atoms with Gasteiger partial charge in [0.1, 0.15) is 0 Å². The molecule has 0 spiro atoms. The normalized spacial score (nSPS) is 8.62. The van der Waals surface area contributed by atoms with Crippen molar-refractivity contribution in [2.45, 2.75) is 6.42 Å². The molecule has 0 saturated carbocycles. The van der Waals surface area contributed by atoms with Crippen LogP contribution in [0.2, 0.25) is 0 Å². The van der Waals surface area contributed by atoms with Crippen molar-refractivity contribution in [1.82, 2.24) is 0 Å². The van der Waals surface area contributed by atoms with Crippen molar-refractivity contribution in [3.63, 3.8) is 0 Å². The fraction of sp³-hybridized carbons (Fsp3) is 0.667. The lowest BCUT2D eigenvalue weighted by Gasteiger charge is -1.84. The van der Waals surface area contributed by atoms with Gasteiger partial charge < -0.3 is 0 Å². The highest BCUT2D eigenvalue weighted by atomic mass is 32.1. The van der Waals surface area contributed by atoms with E-state index in [2.05, 4.69) is 12.6 Å². The molecule has 0 aliphatic rings. The third kappa shape index (κ3) is 5.42. The van der Waals surface area contributed by atoms with Gasteiger partial charge in [-0.05, 0) is 0 Å². The van der Waals surface area contributed by atoms with E-state index < -0.39 is 10.0 Å². The predicted octanol–water partition coefficient (Wildman–Crippen LogP) is 0.110. The lowest BCUT2D eigenvalue weighted by atomic mass is 10.5. The summed E-state index contributed by atoms with van der Waals surface area (Å²) >= 11 is 3.33. The number of rotatable bonds is 3. The summed E-state index contributed by atoms with van der Waals surface area (Å²) in [6.07, 6.45) is -0.0872. The Hall–Kier alpha value is -0.580. The lowest BCUT2D eigenvalue weighted by Crippen LogP contribution is -2.03. The second kappa shape index (κ2) is 3.43. The largest absolute Gasteiger partial charge is 0.287 e. The molecule has 0 unspecified atom stereocenters. The maximum atomic E-state index is 9.91. The van der Waals surface area contributed by atoms with E-state index in [4.69, 9.17) is 0 Å². The van der Waals surface area contributed by atoms with Crippen LogP contribution < -0.4 is 0 Å². The van der Waals surface area contributed by atoms with Gasteiger partial charge in [-0.1, -0.05) is 0 Å². The minimum Gasteiger partial charge on any atom is -0.287 e. The van der Waals surface area contributed by atoms with E-state index >= 15 is 0 Å². The molecule has 0 fully saturated rings. The summed E-state index contributed by atoms with van der Waals surface area (Å²) in [6.45, 7) is -0.317. The van der Waals surface area contributed by atoms with Gasteiger partial charge in [0.2, 0.25) is 6.54 Å². The smallest absolute Gasteiger partial charge is 0.211 e. The standard InChI is InChI=1S/C3H5NO3S/c5-3(8)1-2-4(6)7/h1-2H2,(H,5,8). The predicted molar refractivity (Wildman–Crippen MR) is 30.5 cm³/mol. The summed E-state index contributed by atoms with van der Waals surface area (Å²) in [7, 11) is 0. The fourth-order valence-electron chi connectivity index (χ4n) is 0.187. The molecule has 0 bridgehead atoms. The summed E-state index contributed by atoms with van der Waals surface area (Å²) in [6, 6.07) is 0. The van der Waals surface area contributed by atoms with Gasteiger partial charge in [-0.25, -0.2) is 0 Å². The Morgan fingerprint density at radius 2 is 2.25 bits per heavy atom. The number of carbonyl (C=O) groups is 1. The van der Waals surface area contributed by atoms with Crippen LogP contribution in [-0.2, 0) is 4.79 Å². The Morgan fingerprint density at radius 3 is 2.38 bits per heavy atom. The summed E-state index contributed by atoms with van der Waals surface area (Å²) in [5.41, 5.74) is 0. The lowest BCUT2D eigenvalue weighted by molar-refractivity contribution is -0.478. The van der Waals surface area contributed by atoms with Crippen LogP contribution in [0.1, 0.15) is 6.42 Å². The van der Waals surface area contributed by atoms with Crippen LogP contribution in [0.5, 0.6) is 0 Å². The topological polar surface area (TPSA) is 60.2 Å². The minimum absolute atomic E-state index is 0.0872. The molecule has 0 aromatic carbocycles. The van der Waals surface area contributed by atoms with E-state index in [1.165, 1.54) is 0 Å². The molecule has 0 aromatic rings. The van der Waals surface area contributed by atoms with Crippen molar-refractivity contribution >= 4 is 17.7 Å². The van der Waals surface area contributed by atoms with Gasteiger partial charge in [-0.3, -0.25) is 14.9 Å². The summed E-state index contributed by atoms with van der Waals surface area (Å²) in [5.74, 6) is 0. The highest BCUT2D eigenvalue weighted by Gasteiger charge is 1.99. The van der Waals surface area contributed by atoms with E-state index in [0.29, 0.717) is 0 Å². The number of hydrogen-bond donors (Lipinski definition) is 1. The van der Waals surface area contributed by atoms with Crippen molar-refractivity contribution in [3.05, 3.63) is 10.1 Å². The zero-order chi connectivity index (χ0) is 6.57. The fourth-order valence-corrected chi connectivity index (χ4v) is 0.287. The molecule has 0 rings (SSSR count). The minimum atomic E-state index is -0.548.